The number of aliphatic hydroxyl groups is 1. The van der Waals surface area contributed by atoms with E-state index in [4.69, 9.17) is 0 Å². The molecule has 2 aromatic carbocycles. The molecule has 0 aliphatic heterocycles. The number of amides is 1. The Balaban J connectivity index is 1.83. The fourth-order valence-corrected chi connectivity index (χ4v) is 2.67. The zero-order chi connectivity index (χ0) is 16.9. The smallest absolute Gasteiger partial charge is 0.252 e. The molecule has 0 radical (unpaired) electrons. The molecule has 0 saturated heterocycles. The Morgan fingerprint density at radius 1 is 1.21 bits per heavy atom. The van der Waals surface area contributed by atoms with E-state index < -0.39 is 17.8 Å². The first kappa shape index (κ1) is 16.1. The Morgan fingerprint density at radius 2 is 2.00 bits per heavy atom. The average Bonchev–Trinajstić information content (AvgIpc) is 2.61. The first-order valence-corrected chi connectivity index (χ1v) is 7.66. The van der Waals surface area contributed by atoms with E-state index in [1.165, 1.54) is 18.3 Å². The first-order valence-electron chi connectivity index (χ1n) is 7.66. The third kappa shape index (κ3) is 3.58. The zero-order valence-corrected chi connectivity index (χ0v) is 12.9. The molecular formula is C19H17FN2O2. The predicted molar refractivity (Wildman–Crippen MR) is 90.2 cm³/mol. The monoisotopic (exact) mass is 324 g/mol. The molecule has 0 spiro atoms. The van der Waals surface area contributed by atoms with Crippen molar-refractivity contribution < 1.29 is 14.3 Å². The van der Waals surface area contributed by atoms with Crippen LogP contribution >= 0.6 is 0 Å². The third-order valence-electron chi connectivity index (χ3n) is 3.85. The maximum Gasteiger partial charge on any atom is 0.252 e. The van der Waals surface area contributed by atoms with Crippen molar-refractivity contribution in [3.63, 3.8) is 0 Å². The summed E-state index contributed by atoms with van der Waals surface area (Å²) < 4.78 is 13.8. The molecule has 3 aromatic rings. The summed E-state index contributed by atoms with van der Waals surface area (Å²) in [4.78, 5) is 16.6. The first-order chi connectivity index (χ1) is 11.7. The average molecular weight is 324 g/mol. The van der Waals surface area contributed by atoms with E-state index in [0.29, 0.717) is 17.2 Å². The van der Waals surface area contributed by atoms with Crippen LogP contribution in [0.25, 0.3) is 10.8 Å². The second-order valence-corrected chi connectivity index (χ2v) is 5.59. The minimum Gasteiger partial charge on any atom is -0.394 e. The van der Waals surface area contributed by atoms with Crippen molar-refractivity contribution in [1.29, 1.82) is 0 Å². The van der Waals surface area contributed by atoms with E-state index in [0.717, 1.165) is 5.56 Å². The van der Waals surface area contributed by atoms with E-state index >= 15 is 0 Å². The van der Waals surface area contributed by atoms with Crippen molar-refractivity contribution in [2.45, 2.75) is 12.5 Å². The van der Waals surface area contributed by atoms with Crippen molar-refractivity contribution in [2.24, 2.45) is 0 Å². The van der Waals surface area contributed by atoms with Crippen LogP contribution in [-0.2, 0) is 6.42 Å². The topological polar surface area (TPSA) is 62.2 Å². The Morgan fingerprint density at radius 3 is 2.75 bits per heavy atom. The summed E-state index contributed by atoms with van der Waals surface area (Å²) in [5.41, 5.74) is 1.22. The van der Waals surface area contributed by atoms with Crippen LogP contribution in [0.3, 0.4) is 0 Å². The highest BCUT2D eigenvalue weighted by Crippen LogP contribution is 2.20. The van der Waals surface area contributed by atoms with Crippen LogP contribution in [0, 0.1) is 5.82 Å². The van der Waals surface area contributed by atoms with Crippen molar-refractivity contribution in [3.8, 4) is 0 Å². The predicted octanol–water partition coefficient (Wildman–Crippen LogP) is 2.71. The fourth-order valence-electron chi connectivity index (χ4n) is 2.67. The molecule has 1 amide bonds. The normalized spacial score (nSPS) is 12.1. The van der Waals surface area contributed by atoms with E-state index in [1.807, 2.05) is 30.3 Å². The van der Waals surface area contributed by atoms with Gasteiger partial charge in [-0.1, -0.05) is 30.3 Å². The number of hydrogen-bond acceptors (Lipinski definition) is 3. The van der Waals surface area contributed by atoms with Gasteiger partial charge in [0.05, 0.1) is 18.2 Å². The molecule has 1 atom stereocenters. The summed E-state index contributed by atoms with van der Waals surface area (Å²) in [6, 6.07) is 13.3. The lowest BCUT2D eigenvalue weighted by Crippen LogP contribution is -2.39. The Kier molecular flexibility index (Phi) is 4.82. The van der Waals surface area contributed by atoms with Crippen LogP contribution in [-0.4, -0.2) is 28.6 Å². The molecule has 1 heterocycles. The van der Waals surface area contributed by atoms with Gasteiger partial charge in [-0.25, -0.2) is 4.39 Å². The largest absolute Gasteiger partial charge is 0.394 e. The molecule has 1 aromatic heterocycles. The van der Waals surface area contributed by atoms with Gasteiger partial charge in [0.1, 0.15) is 5.82 Å². The quantitative estimate of drug-likeness (QED) is 0.758. The molecule has 2 N–H and O–H groups in total. The van der Waals surface area contributed by atoms with Gasteiger partial charge in [0.2, 0.25) is 0 Å². The highest BCUT2D eigenvalue weighted by atomic mass is 19.1. The number of benzene rings is 2. The lowest BCUT2D eigenvalue weighted by molar-refractivity contribution is 0.0917. The summed E-state index contributed by atoms with van der Waals surface area (Å²) >= 11 is 0. The molecule has 5 heteroatoms. The van der Waals surface area contributed by atoms with Crippen LogP contribution < -0.4 is 5.32 Å². The van der Waals surface area contributed by atoms with Crippen molar-refractivity contribution in [3.05, 3.63) is 77.9 Å². The van der Waals surface area contributed by atoms with E-state index in [9.17, 15) is 14.3 Å². The number of carbonyl (C=O) groups is 1. The van der Waals surface area contributed by atoms with Gasteiger partial charge in [-0.15, -0.1) is 0 Å². The SMILES string of the molecule is O=C(N[C@H](CO)Cc1ccccc1)c1cc(F)cc2ccncc12. The number of hydrogen-bond donors (Lipinski definition) is 2. The number of rotatable bonds is 5. The summed E-state index contributed by atoms with van der Waals surface area (Å²) in [5, 5.41) is 13.5. The van der Waals surface area contributed by atoms with Crippen molar-refractivity contribution in [1.82, 2.24) is 10.3 Å². The van der Waals surface area contributed by atoms with Crippen LogP contribution in [0.5, 0.6) is 0 Å². The second kappa shape index (κ2) is 7.19. The van der Waals surface area contributed by atoms with Gasteiger partial charge in [-0.3, -0.25) is 9.78 Å². The summed E-state index contributed by atoms with van der Waals surface area (Å²) in [6.07, 6.45) is 3.58. The van der Waals surface area contributed by atoms with E-state index in [-0.39, 0.29) is 12.2 Å². The number of carbonyl (C=O) groups excluding carboxylic acids is 1. The minimum absolute atomic E-state index is 0.202. The van der Waals surface area contributed by atoms with Crippen LogP contribution in [0.15, 0.2) is 60.9 Å². The third-order valence-corrected chi connectivity index (χ3v) is 3.85. The Labute approximate surface area is 139 Å². The number of nitrogens with one attached hydrogen (secondary N) is 1. The number of pyridine rings is 1. The lowest BCUT2D eigenvalue weighted by Gasteiger charge is -2.17. The number of halogens is 1. The molecule has 122 valence electrons. The highest BCUT2D eigenvalue weighted by molar-refractivity contribution is 6.06. The number of aromatic nitrogens is 1. The highest BCUT2D eigenvalue weighted by Gasteiger charge is 2.17. The van der Waals surface area contributed by atoms with E-state index in [2.05, 4.69) is 10.3 Å². The molecule has 24 heavy (non-hydrogen) atoms. The number of nitrogens with zero attached hydrogens (tertiary/aromatic N) is 1. The van der Waals surface area contributed by atoms with Gasteiger partial charge in [0.15, 0.2) is 0 Å². The van der Waals surface area contributed by atoms with E-state index in [1.54, 1.807) is 12.3 Å². The number of fused-ring (bicyclic) bond motifs is 1. The molecular weight excluding hydrogens is 307 g/mol. The second-order valence-electron chi connectivity index (χ2n) is 5.59. The van der Waals surface area contributed by atoms with Crippen LogP contribution in [0.4, 0.5) is 4.39 Å². The maximum absolute atomic E-state index is 13.8. The maximum atomic E-state index is 13.8. The van der Waals surface area contributed by atoms with Crippen molar-refractivity contribution in [2.75, 3.05) is 6.61 Å². The summed E-state index contributed by atoms with van der Waals surface area (Å²) in [6.45, 7) is -0.202. The molecule has 4 nitrogen and oxygen atoms in total. The van der Waals surface area contributed by atoms with Gasteiger partial charge in [-0.2, -0.15) is 0 Å². The summed E-state index contributed by atoms with van der Waals surface area (Å²) in [5.74, 6) is -0.912. The van der Waals surface area contributed by atoms with Gasteiger partial charge < -0.3 is 10.4 Å². The van der Waals surface area contributed by atoms with Crippen molar-refractivity contribution >= 4 is 16.7 Å². The molecule has 0 aliphatic carbocycles. The molecule has 0 unspecified atom stereocenters. The van der Waals surface area contributed by atoms with Crippen LogP contribution in [0.2, 0.25) is 0 Å². The van der Waals surface area contributed by atoms with Crippen LogP contribution in [0.1, 0.15) is 15.9 Å². The molecule has 3 rings (SSSR count). The standard InChI is InChI=1S/C19H17FN2O2/c20-15-9-14-6-7-21-11-18(14)17(10-15)19(24)22-16(12-23)8-13-4-2-1-3-5-13/h1-7,9-11,16,23H,8,12H2,(H,22,24)/t16-/m0/s1. The van der Waals surface area contributed by atoms with Gasteiger partial charge in [-0.05, 0) is 35.6 Å². The van der Waals surface area contributed by atoms with Gasteiger partial charge in [0, 0.05) is 17.8 Å². The molecule has 0 aliphatic rings. The molecule has 0 saturated carbocycles. The Hall–Kier alpha value is -2.79. The zero-order valence-electron chi connectivity index (χ0n) is 12.9. The molecule has 0 fully saturated rings. The number of aliphatic hydroxyl groups excluding tert-OH is 1. The Bertz CT molecular complexity index is 852. The van der Waals surface area contributed by atoms with Gasteiger partial charge in [0.25, 0.3) is 5.91 Å². The lowest BCUT2D eigenvalue weighted by atomic mass is 10.0. The van der Waals surface area contributed by atoms with Gasteiger partial charge >= 0.3 is 0 Å². The molecule has 0 bridgehead atoms. The fraction of sp³-hybridized carbons (Fsp3) is 0.158. The summed E-state index contributed by atoms with van der Waals surface area (Å²) in [7, 11) is 0. The minimum atomic E-state index is -0.484.